The van der Waals surface area contributed by atoms with Gasteiger partial charge in [0.05, 0.1) is 5.57 Å². The summed E-state index contributed by atoms with van der Waals surface area (Å²) in [7, 11) is 0. The second kappa shape index (κ2) is 7.02. The van der Waals surface area contributed by atoms with Gasteiger partial charge in [0.1, 0.15) is 22.8 Å². The van der Waals surface area contributed by atoms with Crippen LogP contribution in [0.4, 0.5) is 4.39 Å². The van der Waals surface area contributed by atoms with Crippen molar-refractivity contribution < 1.29 is 19.0 Å². The van der Waals surface area contributed by atoms with E-state index in [9.17, 15) is 14.3 Å². The van der Waals surface area contributed by atoms with Gasteiger partial charge in [0.25, 0.3) is 0 Å². The summed E-state index contributed by atoms with van der Waals surface area (Å²) < 4.78 is 19.6. The predicted molar refractivity (Wildman–Crippen MR) is 110 cm³/mol. The largest absolute Gasteiger partial charge is 0.508 e. The molecule has 3 nitrogen and oxygen atoms in total. The van der Waals surface area contributed by atoms with Crippen LogP contribution >= 0.6 is 11.6 Å². The first kappa shape index (κ1) is 20.6. The van der Waals surface area contributed by atoms with Crippen molar-refractivity contribution >= 4 is 23.0 Å². The highest BCUT2D eigenvalue weighted by molar-refractivity contribution is 6.30. The molecule has 0 unspecified atom stereocenters. The lowest BCUT2D eigenvalue weighted by molar-refractivity contribution is -0.158. The molecule has 0 saturated carbocycles. The van der Waals surface area contributed by atoms with Crippen LogP contribution in [-0.4, -0.2) is 22.1 Å². The lowest BCUT2D eigenvalue weighted by Gasteiger charge is -2.40. The van der Waals surface area contributed by atoms with Crippen LogP contribution in [0.25, 0.3) is 16.7 Å². The van der Waals surface area contributed by atoms with E-state index in [1.54, 1.807) is 39.8 Å². The Morgan fingerprint density at radius 3 is 2.32 bits per heavy atom. The highest BCUT2D eigenvalue weighted by atomic mass is 35.5. The Hall–Kier alpha value is -2.17. The van der Waals surface area contributed by atoms with Crippen molar-refractivity contribution in [3.05, 3.63) is 64.1 Å². The third-order valence-corrected chi connectivity index (χ3v) is 5.26. The summed E-state index contributed by atoms with van der Waals surface area (Å²) in [5.41, 5.74) is 1.24. The van der Waals surface area contributed by atoms with Gasteiger partial charge in [0.2, 0.25) is 0 Å². The third kappa shape index (κ3) is 3.59. The van der Waals surface area contributed by atoms with Crippen molar-refractivity contribution in [2.75, 3.05) is 0 Å². The van der Waals surface area contributed by atoms with Gasteiger partial charge in [-0.05, 0) is 74.6 Å². The number of Topliss-reactive ketones (excluding diaryl/α,β-unsaturated/α-hetero) is 1. The van der Waals surface area contributed by atoms with Gasteiger partial charge in [-0.1, -0.05) is 36.7 Å². The van der Waals surface area contributed by atoms with Crippen LogP contribution in [0.3, 0.4) is 0 Å². The van der Waals surface area contributed by atoms with Gasteiger partial charge in [-0.3, -0.25) is 4.79 Å². The average Bonchev–Trinajstić information content (AvgIpc) is 2.59. The maximum atomic E-state index is 13.8. The molecule has 0 bridgehead atoms. The molecule has 28 heavy (non-hydrogen) atoms. The van der Waals surface area contributed by atoms with Crippen LogP contribution in [0.15, 0.2) is 42.2 Å². The standard InChI is InChI=1S/C23H24ClFO3/c1-6-13-9-14(15-10-16(24)12-17(25)11-15)7-8-18(13)19-20(26)22(2,3)28-23(4,5)21(19)27/h7-12,26H,6H2,1-5H3. The zero-order chi connectivity index (χ0) is 20.9. The fourth-order valence-corrected chi connectivity index (χ4v) is 3.94. The van der Waals surface area contributed by atoms with Crippen LogP contribution in [-0.2, 0) is 16.0 Å². The molecule has 1 aliphatic heterocycles. The molecule has 0 aliphatic carbocycles. The number of benzene rings is 2. The maximum absolute atomic E-state index is 13.8. The van der Waals surface area contributed by atoms with Crippen molar-refractivity contribution in [3.63, 3.8) is 0 Å². The van der Waals surface area contributed by atoms with Gasteiger partial charge in [-0.2, -0.15) is 0 Å². The van der Waals surface area contributed by atoms with Crippen molar-refractivity contribution in [3.8, 4) is 11.1 Å². The van der Waals surface area contributed by atoms with Crippen molar-refractivity contribution in [2.24, 2.45) is 0 Å². The van der Waals surface area contributed by atoms with Gasteiger partial charge in [-0.15, -0.1) is 0 Å². The van der Waals surface area contributed by atoms with E-state index in [1.165, 1.54) is 12.1 Å². The first-order valence-corrected chi connectivity index (χ1v) is 9.62. The minimum Gasteiger partial charge on any atom is -0.508 e. The molecule has 1 N–H and O–H groups in total. The Morgan fingerprint density at radius 1 is 1.04 bits per heavy atom. The molecular weight excluding hydrogens is 379 g/mol. The Labute approximate surface area is 169 Å². The molecule has 2 aromatic rings. The Kier molecular flexibility index (Phi) is 5.15. The number of aliphatic hydroxyl groups is 1. The van der Waals surface area contributed by atoms with Crippen molar-refractivity contribution in [1.29, 1.82) is 0 Å². The summed E-state index contributed by atoms with van der Waals surface area (Å²) >= 11 is 5.99. The van der Waals surface area contributed by atoms with Gasteiger partial charge in [0.15, 0.2) is 5.78 Å². The Bertz CT molecular complexity index is 969. The first-order valence-electron chi connectivity index (χ1n) is 9.24. The molecule has 0 amide bonds. The number of ketones is 1. The maximum Gasteiger partial charge on any atom is 0.198 e. The Morgan fingerprint density at radius 2 is 1.71 bits per heavy atom. The topological polar surface area (TPSA) is 46.5 Å². The van der Waals surface area contributed by atoms with E-state index in [-0.39, 0.29) is 17.1 Å². The highest BCUT2D eigenvalue weighted by Gasteiger charge is 2.47. The number of aryl methyl sites for hydroxylation is 1. The molecule has 1 aliphatic rings. The molecule has 3 rings (SSSR count). The van der Waals surface area contributed by atoms with E-state index in [0.717, 1.165) is 11.1 Å². The molecule has 2 aromatic carbocycles. The van der Waals surface area contributed by atoms with Crippen LogP contribution in [0.2, 0.25) is 5.02 Å². The van der Waals surface area contributed by atoms with Gasteiger partial charge < -0.3 is 9.84 Å². The summed E-state index contributed by atoms with van der Waals surface area (Å²) in [6.45, 7) is 8.87. The minimum atomic E-state index is -1.05. The summed E-state index contributed by atoms with van der Waals surface area (Å²) in [5.74, 6) is -0.748. The zero-order valence-electron chi connectivity index (χ0n) is 16.7. The second-order valence-corrected chi connectivity index (χ2v) is 8.50. The van der Waals surface area contributed by atoms with E-state index in [0.29, 0.717) is 22.6 Å². The summed E-state index contributed by atoms with van der Waals surface area (Å²) in [6, 6.07) is 9.89. The highest BCUT2D eigenvalue weighted by Crippen LogP contribution is 2.41. The van der Waals surface area contributed by atoms with Gasteiger partial charge >= 0.3 is 0 Å². The number of halogens is 2. The molecular formula is C23H24ClFO3. The quantitative estimate of drug-likeness (QED) is 0.671. The molecule has 0 atom stereocenters. The van der Waals surface area contributed by atoms with E-state index in [1.807, 2.05) is 19.1 Å². The van der Waals surface area contributed by atoms with E-state index in [2.05, 4.69) is 0 Å². The second-order valence-electron chi connectivity index (χ2n) is 8.06. The summed E-state index contributed by atoms with van der Waals surface area (Å²) in [4.78, 5) is 13.0. The number of rotatable bonds is 3. The van der Waals surface area contributed by atoms with Crippen molar-refractivity contribution in [2.45, 2.75) is 52.2 Å². The fourth-order valence-electron chi connectivity index (χ4n) is 3.72. The van der Waals surface area contributed by atoms with Gasteiger partial charge in [-0.25, -0.2) is 4.39 Å². The SMILES string of the molecule is CCc1cc(-c2cc(F)cc(Cl)c2)ccc1C1=C(O)C(C)(C)OC(C)(C)C1=O. The number of aliphatic hydroxyl groups excluding tert-OH is 1. The molecule has 0 fully saturated rings. The molecule has 0 saturated heterocycles. The molecule has 0 radical (unpaired) electrons. The molecule has 148 valence electrons. The van der Waals surface area contributed by atoms with Gasteiger partial charge in [0, 0.05) is 5.02 Å². The summed E-state index contributed by atoms with van der Waals surface area (Å²) in [5, 5.41) is 11.1. The fraction of sp³-hybridized carbons (Fsp3) is 0.348. The lowest BCUT2D eigenvalue weighted by Crippen LogP contribution is -2.49. The number of ether oxygens (including phenoxy) is 1. The van der Waals surface area contributed by atoms with Crippen LogP contribution in [0.5, 0.6) is 0 Å². The smallest absolute Gasteiger partial charge is 0.198 e. The Balaban J connectivity index is 2.19. The van der Waals surface area contributed by atoms with E-state index in [4.69, 9.17) is 16.3 Å². The molecule has 1 heterocycles. The third-order valence-electron chi connectivity index (χ3n) is 5.04. The summed E-state index contributed by atoms with van der Waals surface area (Å²) in [6.07, 6.45) is 0.637. The first-order chi connectivity index (χ1) is 13.0. The molecule has 5 heteroatoms. The van der Waals surface area contributed by atoms with Crippen LogP contribution in [0.1, 0.15) is 45.7 Å². The monoisotopic (exact) mass is 402 g/mol. The van der Waals surface area contributed by atoms with Crippen molar-refractivity contribution in [1.82, 2.24) is 0 Å². The van der Waals surface area contributed by atoms with E-state index >= 15 is 0 Å². The van der Waals surface area contributed by atoms with Crippen LogP contribution < -0.4 is 0 Å². The molecule has 0 aromatic heterocycles. The minimum absolute atomic E-state index is 0.0759. The zero-order valence-corrected chi connectivity index (χ0v) is 17.4. The normalized spacial score (nSPS) is 18.5. The number of carbonyl (C=O) groups excluding carboxylic acids is 1. The average molecular weight is 403 g/mol. The predicted octanol–water partition coefficient (Wildman–Crippen LogP) is 6.13. The number of hydrogen-bond donors (Lipinski definition) is 1. The molecule has 0 spiro atoms. The number of carbonyl (C=O) groups is 1. The number of hydrogen-bond acceptors (Lipinski definition) is 3. The van der Waals surface area contributed by atoms with Crippen LogP contribution in [0, 0.1) is 5.82 Å². The van der Waals surface area contributed by atoms with E-state index < -0.39 is 17.0 Å². The lowest BCUT2D eigenvalue weighted by atomic mass is 9.81.